The zero-order chi connectivity index (χ0) is 27.9. The maximum Gasteiger partial charge on any atom is 0.416 e. The van der Waals surface area contributed by atoms with E-state index in [-0.39, 0.29) is 23.9 Å². The smallest absolute Gasteiger partial charge is 0.416 e. The number of morpholine rings is 1. The van der Waals surface area contributed by atoms with E-state index in [0.29, 0.717) is 18.9 Å². The molecule has 4 aromatic rings. The van der Waals surface area contributed by atoms with Crippen LogP contribution in [0.3, 0.4) is 0 Å². The lowest BCUT2D eigenvalue weighted by atomic mass is 9.81. The summed E-state index contributed by atoms with van der Waals surface area (Å²) in [6.07, 6.45) is -1.58. The van der Waals surface area contributed by atoms with Gasteiger partial charge >= 0.3 is 12.1 Å². The lowest BCUT2D eigenvalue weighted by Crippen LogP contribution is -2.36. The molecule has 40 heavy (non-hydrogen) atoms. The summed E-state index contributed by atoms with van der Waals surface area (Å²) in [4.78, 5) is 19.8. The number of carbonyl (C=O) groups excluding carboxylic acids is 1. The van der Waals surface area contributed by atoms with Gasteiger partial charge in [-0.3, -0.25) is 0 Å². The minimum Gasteiger partial charge on any atom is -0.461 e. The van der Waals surface area contributed by atoms with Crippen molar-refractivity contribution in [2.24, 2.45) is 0 Å². The fraction of sp³-hybridized carbons (Fsp3) is 0.367. The number of rotatable bonds is 6. The maximum absolute atomic E-state index is 13.6. The Labute approximate surface area is 229 Å². The van der Waals surface area contributed by atoms with E-state index in [2.05, 4.69) is 9.88 Å². The molecule has 1 saturated heterocycles. The van der Waals surface area contributed by atoms with Gasteiger partial charge in [-0.2, -0.15) is 18.3 Å². The monoisotopic (exact) mass is 550 g/mol. The Morgan fingerprint density at radius 2 is 1.80 bits per heavy atom. The van der Waals surface area contributed by atoms with Crippen LogP contribution in [0.25, 0.3) is 27.8 Å². The number of carbonyl (C=O) groups is 1. The number of benzene rings is 2. The molecule has 0 radical (unpaired) electrons. The Kier molecular flexibility index (Phi) is 6.95. The summed E-state index contributed by atoms with van der Waals surface area (Å²) in [7, 11) is 0. The average Bonchev–Trinajstić information content (AvgIpc) is 3.31. The van der Waals surface area contributed by atoms with Gasteiger partial charge in [0.2, 0.25) is 0 Å². The van der Waals surface area contributed by atoms with Crippen LogP contribution in [-0.2, 0) is 15.7 Å². The minimum atomic E-state index is -4.51. The predicted molar refractivity (Wildman–Crippen MR) is 145 cm³/mol. The van der Waals surface area contributed by atoms with Crippen LogP contribution >= 0.6 is 0 Å². The Hall–Kier alpha value is -3.92. The van der Waals surface area contributed by atoms with Crippen LogP contribution < -0.4 is 4.90 Å². The largest absolute Gasteiger partial charge is 0.461 e. The van der Waals surface area contributed by atoms with Gasteiger partial charge in [0, 0.05) is 24.7 Å². The number of hydrogen-bond acceptors (Lipinski definition) is 6. The molecule has 1 saturated carbocycles. The standard InChI is InChI=1S/C30H29F3N4O3/c1-2-40-29(38)25-18-24(19-9-11-22(12-10-19)36-13-15-39-16-14-36)26-27(20-5-3-6-20)35-37(28(26)34-25)23-8-4-7-21(17-23)30(31,32)33/h4,7-12,17-18,20H,2-3,5-6,13-16H2,1H3. The van der Waals surface area contributed by atoms with Gasteiger partial charge in [-0.1, -0.05) is 24.6 Å². The Bertz CT molecular complexity index is 1540. The highest BCUT2D eigenvalue weighted by Gasteiger charge is 2.32. The summed E-state index contributed by atoms with van der Waals surface area (Å²) in [5, 5.41) is 5.59. The van der Waals surface area contributed by atoms with Crippen molar-refractivity contribution in [3.63, 3.8) is 0 Å². The van der Waals surface area contributed by atoms with Gasteiger partial charge in [0.05, 0.1) is 42.2 Å². The number of alkyl halides is 3. The molecule has 6 rings (SSSR count). The molecule has 0 unspecified atom stereocenters. The van der Waals surface area contributed by atoms with E-state index in [9.17, 15) is 18.0 Å². The normalized spacial score (nSPS) is 16.2. The van der Waals surface area contributed by atoms with Crippen LogP contribution in [0.15, 0.2) is 54.6 Å². The first-order chi connectivity index (χ1) is 19.3. The van der Waals surface area contributed by atoms with Crippen molar-refractivity contribution in [2.45, 2.75) is 38.3 Å². The Morgan fingerprint density at radius 3 is 2.45 bits per heavy atom. The van der Waals surface area contributed by atoms with Gasteiger partial charge in [0.25, 0.3) is 0 Å². The SMILES string of the molecule is CCOC(=O)c1cc(-c2ccc(N3CCOCC3)cc2)c2c(C3CCC3)nn(-c3cccc(C(F)(F)F)c3)c2n1. The molecule has 1 aliphatic heterocycles. The Balaban J connectivity index is 1.55. The second-order valence-corrected chi connectivity index (χ2v) is 10.1. The lowest BCUT2D eigenvalue weighted by molar-refractivity contribution is -0.137. The minimum absolute atomic E-state index is 0.0786. The molecule has 2 aromatic heterocycles. The highest BCUT2D eigenvalue weighted by atomic mass is 19.4. The predicted octanol–water partition coefficient (Wildman–Crippen LogP) is 6.39. The molecule has 7 nitrogen and oxygen atoms in total. The molecule has 2 aliphatic rings. The van der Waals surface area contributed by atoms with Crippen molar-refractivity contribution in [1.82, 2.24) is 14.8 Å². The van der Waals surface area contributed by atoms with Gasteiger partial charge in [0.15, 0.2) is 11.3 Å². The van der Waals surface area contributed by atoms with Crippen molar-refractivity contribution >= 4 is 22.7 Å². The van der Waals surface area contributed by atoms with Crippen molar-refractivity contribution in [1.29, 1.82) is 0 Å². The summed E-state index contributed by atoms with van der Waals surface area (Å²) >= 11 is 0. The van der Waals surface area contributed by atoms with Crippen molar-refractivity contribution < 1.29 is 27.4 Å². The van der Waals surface area contributed by atoms with E-state index in [1.165, 1.54) is 10.7 Å². The molecule has 2 fully saturated rings. The van der Waals surface area contributed by atoms with Crippen LogP contribution in [0, 0.1) is 0 Å². The van der Waals surface area contributed by atoms with Crippen LogP contribution in [0.4, 0.5) is 18.9 Å². The van der Waals surface area contributed by atoms with Crippen molar-refractivity contribution in [3.8, 4) is 16.8 Å². The van der Waals surface area contributed by atoms with E-state index in [1.54, 1.807) is 19.1 Å². The molecule has 2 aromatic carbocycles. The summed E-state index contributed by atoms with van der Waals surface area (Å²) in [6.45, 7) is 4.85. The van der Waals surface area contributed by atoms with E-state index in [4.69, 9.17) is 14.6 Å². The van der Waals surface area contributed by atoms with E-state index < -0.39 is 17.7 Å². The summed E-state index contributed by atoms with van der Waals surface area (Å²) in [6, 6.07) is 14.8. The van der Waals surface area contributed by atoms with Crippen LogP contribution in [0.2, 0.25) is 0 Å². The number of nitrogens with zero attached hydrogens (tertiary/aromatic N) is 4. The molecule has 10 heteroatoms. The molecule has 0 N–H and O–H groups in total. The Morgan fingerprint density at radius 1 is 1.05 bits per heavy atom. The number of aromatic nitrogens is 3. The highest BCUT2D eigenvalue weighted by molar-refractivity contribution is 6.00. The highest BCUT2D eigenvalue weighted by Crippen LogP contribution is 2.43. The number of ether oxygens (including phenoxy) is 2. The summed E-state index contributed by atoms with van der Waals surface area (Å²) < 4.78 is 52.9. The van der Waals surface area contributed by atoms with Gasteiger partial charge in [-0.25, -0.2) is 14.5 Å². The van der Waals surface area contributed by atoms with E-state index in [1.807, 2.05) is 24.3 Å². The number of esters is 1. The van der Waals surface area contributed by atoms with Crippen molar-refractivity contribution in [2.75, 3.05) is 37.8 Å². The third-order valence-corrected chi connectivity index (χ3v) is 7.61. The number of halogens is 3. The van der Waals surface area contributed by atoms with Gasteiger partial charge in [-0.05, 0) is 67.3 Å². The lowest BCUT2D eigenvalue weighted by Gasteiger charge is -2.29. The van der Waals surface area contributed by atoms with Gasteiger partial charge in [-0.15, -0.1) is 0 Å². The first kappa shape index (κ1) is 26.3. The van der Waals surface area contributed by atoms with Crippen molar-refractivity contribution in [3.05, 3.63) is 71.5 Å². The number of pyridine rings is 1. The molecule has 0 atom stereocenters. The van der Waals surface area contributed by atoms with E-state index >= 15 is 0 Å². The molecular weight excluding hydrogens is 521 g/mol. The summed E-state index contributed by atoms with van der Waals surface area (Å²) in [5.74, 6) is -0.436. The third-order valence-electron chi connectivity index (χ3n) is 7.61. The molecule has 0 spiro atoms. The van der Waals surface area contributed by atoms with Crippen LogP contribution in [0.1, 0.15) is 53.8 Å². The second-order valence-electron chi connectivity index (χ2n) is 10.1. The molecule has 3 heterocycles. The zero-order valence-electron chi connectivity index (χ0n) is 22.1. The topological polar surface area (TPSA) is 69.5 Å². The van der Waals surface area contributed by atoms with Gasteiger partial charge in [0.1, 0.15) is 0 Å². The number of anilines is 1. The molecular formula is C30H29F3N4O3. The maximum atomic E-state index is 13.6. The molecule has 208 valence electrons. The fourth-order valence-electron chi connectivity index (χ4n) is 5.31. The number of fused-ring (bicyclic) bond motifs is 1. The molecule has 0 amide bonds. The van der Waals surface area contributed by atoms with Crippen LogP contribution in [-0.4, -0.2) is 53.6 Å². The average molecular weight is 551 g/mol. The third kappa shape index (κ3) is 4.92. The second kappa shape index (κ2) is 10.6. The summed E-state index contributed by atoms with van der Waals surface area (Å²) in [5.41, 5.74) is 3.33. The molecule has 1 aliphatic carbocycles. The number of hydrogen-bond donors (Lipinski definition) is 0. The first-order valence-electron chi connectivity index (χ1n) is 13.5. The van der Waals surface area contributed by atoms with Crippen LogP contribution in [0.5, 0.6) is 0 Å². The quantitative estimate of drug-likeness (QED) is 0.259. The fourth-order valence-corrected chi connectivity index (χ4v) is 5.31. The first-order valence-corrected chi connectivity index (χ1v) is 13.5. The zero-order valence-corrected chi connectivity index (χ0v) is 22.1. The van der Waals surface area contributed by atoms with E-state index in [0.717, 1.165) is 72.4 Å². The van der Waals surface area contributed by atoms with Gasteiger partial charge < -0.3 is 14.4 Å². The molecule has 0 bridgehead atoms.